The van der Waals surface area contributed by atoms with Crippen molar-refractivity contribution in [3.8, 4) is 17.1 Å². The van der Waals surface area contributed by atoms with Crippen molar-refractivity contribution in [1.82, 2.24) is 19.7 Å². The predicted octanol–water partition coefficient (Wildman–Crippen LogP) is 5.91. The fourth-order valence-electron chi connectivity index (χ4n) is 3.56. The van der Waals surface area contributed by atoms with E-state index in [0.717, 1.165) is 5.56 Å². The third kappa shape index (κ3) is 4.75. The largest absolute Gasteiger partial charge is 0.453 e. The van der Waals surface area contributed by atoms with Crippen LogP contribution in [0.5, 0.6) is 0 Å². The SMILES string of the molecule is COC(=O)Nc1ccc(Cc2nc3n(-c4c(Cl)cc(Cl)cc4Cl)[nH]c(C(C)C)c-3c(=O)n2)cc1. The van der Waals surface area contributed by atoms with Gasteiger partial charge in [-0.05, 0) is 35.7 Å². The van der Waals surface area contributed by atoms with Gasteiger partial charge in [0.2, 0.25) is 0 Å². The highest BCUT2D eigenvalue weighted by atomic mass is 35.5. The van der Waals surface area contributed by atoms with Crippen LogP contribution in [0.1, 0.15) is 36.8 Å². The standard InChI is InChI=1S/C23H20Cl3N5O3/c1-11(2)19-18-21(31(30-19)20-15(25)9-13(24)10-16(20)26)28-17(29-22(18)32)8-12-4-6-14(7-5-12)27-23(33)34-3/h4-7,9-11,30H,8H2,1-3H3,(H,27,33). The number of amides is 1. The molecule has 4 rings (SSSR count). The van der Waals surface area contributed by atoms with Crippen molar-refractivity contribution in [2.24, 2.45) is 0 Å². The van der Waals surface area contributed by atoms with Gasteiger partial charge in [0.05, 0.1) is 22.8 Å². The molecule has 0 aromatic heterocycles. The summed E-state index contributed by atoms with van der Waals surface area (Å²) in [6.45, 7) is 3.91. The van der Waals surface area contributed by atoms with Crippen LogP contribution in [0.3, 0.4) is 0 Å². The fourth-order valence-corrected chi connectivity index (χ4v) is 4.55. The first kappa shape index (κ1) is 24.1. The lowest BCUT2D eigenvalue weighted by Crippen LogP contribution is -2.18. The maximum absolute atomic E-state index is 13.1. The number of ether oxygens (including phenoxy) is 1. The van der Waals surface area contributed by atoms with Crippen LogP contribution in [0.4, 0.5) is 10.5 Å². The summed E-state index contributed by atoms with van der Waals surface area (Å²) in [6.07, 6.45) is -0.261. The highest BCUT2D eigenvalue weighted by Crippen LogP contribution is 2.36. The number of H-pyrrole nitrogens is 1. The van der Waals surface area contributed by atoms with E-state index in [1.807, 2.05) is 13.8 Å². The molecule has 0 spiro atoms. The fraction of sp³-hybridized carbons (Fsp3) is 0.217. The summed E-state index contributed by atoms with van der Waals surface area (Å²) in [5.74, 6) is 0.690. The Kier molecular flexibility index (Phi) is 6.84. The molecule has 8 nitrogen and oxygen atoms in total. The second-order valence-electron chi connectivity index (χ2n) is 7.87. The number of aromatic amines is 1. The molecule has 34 heavy (non-hydrogen) atoms. The number of hydrogen-bond donors (Lipinski definition) is 2. The Morgan fingerprint density at radius 2 is 1.76 bits per heavy atom. The second-order valence-corrected chi connectivity index (χ2v) is 9.12. The van der Waals surface area contributed by atoms with Crippen molar-refractivity contribution >= 4 is 46.6 Å². The number of benzene rings is 2. The van der Waals surface area contributed by atoms with Crippen molar-refractivity contribution < 1.29 is 9.53 Å². The van der Waals surface area contributed by atoms with Crippen molar-refractivity contribution in [2.75, 3.05) is 12.4 Å². The minimum Gasteiger partial charge on any atom is -0.453 e. The van der Waals surface area contributed by atoms with E-state index in [9.17, 15) is 9.59 Å². The average molecular weight is 521 g/mol. The van der Waals surface area contributed by atoms with Gasteiger partial charge < -0.3 is 4.74 Å². The smallest absolute Gasteiger partial charge is 0.411 e. The zero-order chi connectivity index (χ0) is 24.6. The van der Waals surface area contributed by atoms with Crippen LogP contribution in [0.15, 0.2) is 41.2 Å². The van der Waals surface area contributed by atoms with Crippen LogP contribution >= 0.6 is 34.8 Å². The van der Waals surface area contributed by atoms with Crippen molar-refractivity contribution in [3.05, 3.63) is 78.9 Å². The molecular formula is C23H20Cl3N5O3. The molecule has 1 amide bonds. The van der Waals surface area contributed by atoms with Crippen LogP contribution in [0.25, 0.3) is 17.1 Å². The van der Waals surface area contributed by atoms with Gasteiger partial charge in [0.15, 0.2) is 5.82 Å². The van der Waals surface area contributed by atoms with E-state index < -0.39 is 11.7 Å². The molecule has 2 heterocycles. The van der Waals surface area contributed by atoms with Crippen LogP contribution in [-0.2, 0) is 11.2 Å². The third-order valence-electron chi connectivity index (χ3n) is 5.15. The van der Waals surface area contributed by atoms with Gasteiger partial charge in [-0.25, -0.2) is 14.5 Å². The third-order valence-corrected chi connectivity index (χ3v) is 5.94. The number of rotatable bonds is 5. The van der Waals surface area contributed by atoms with Gasteiger partial charge in [-0.15, -0.1) is 0 Å². The number of halogens is 3. The van der Waals surface area contributed by atoms with Gasteiger partial charge in [-0.3, -0.25) is 15.2 Å². The molecule has 0 aliphatic carbocycles. The normalized spacial score (nSPS) is 11.3. The summed E-state index contributed by atoms with van der Waals surface area (Å²) in [4.78, 5) is 33.3. The van der Waals surface area contributed by atoms with E-state index in [0.29, 0.717) is 55.8 Å². The summed E-state index contributed by atoms with van der Waals surface area (Å²) >= 11 is 19.0. The van der Waals surface area contributed by atoms with Gasteiger partial charge in [0, 0.05) is 17.1 Å². The Bertz CT molecular complexity index is 1370. The number of carbonyl (C=O) groups is 1. The van der Waals surface area contributed by atoms with Gasteiger partial charge in [0.1, 0.15) is 17.1 Å². The van der Waals surface area contributed by atoms with Gasteiger partial charge in [-0.2, -0.15) is 4.98 Å². The Morgan fingerprint density at radius 1 is 1.12 bits per heavy atom. The van der Waals surface area contributed by atoms with Crippen LogP contribution in [0.2, 0.25) is 15.1 Å². The molecule has 0 saturated carbocycles. The molecule has 0 fully saturated rings. The molecular weight excluding hydrogens is 501 g/mol. The highest BCUT2D eigenvalue weighted by Gasteiger charge is 2.27. The number of nitrogens with one attached hydrogen (secondary N) is 2. The maximum atomic E-state index is 13.1. The van der Waals surface area contributed by atoms with E-state index in [4.69, 9.17) is 34.8 Å². The lowest BCUT2D eigenvalue weighted by Gasteiger charge is -2.11. The lowest BCUT2D eigenvalue weighted by atomic mass is 10.1. The molecule has 0 atom stereocenters. The van der Waals surface area contributed by atoms with E-state index in [2.05, 4.69) is 25.1 Å². The average Bonchev–Trinajstić information content (AvgIpc) is 3.14. The minimum absolute atomic E-state index is 0.00870. The zero-order valence-corrected chi connectivity index (χ0v) is 20.7. The number of carbonyl (C=O) groups excluding carboxylic acids is 1. The Balaban J connectivity index is 1.79. The molecule has 176 valence electrons. The quantitative estimate of drug-likeness (QED) is 0.340. The maximum Gasteiger partial charge on any atom is 0.411 e. The minimum atomic E-state index is -0.560. The van der Waals surface area contributed by atoms with Gasteiger partial charge >= 0.3 is 6.09 Å². The molecule has 11 heteroatoms. The van der Waals surface area contributed by atoms with E-state index in [-0.39, 0.29) is 5.92 Å². The van der Waals surface area contributed by atoms with Crippen LogP contribution < -0.4 is 10.9 Å². The summed E-state index contributed by atoms with van der Waals surface area (Å²) in [5, 5.41) is 6.81. The number of nitrogens with zero attached hydrogens (tertiary/aromatic N) is 3. The molecule has 2 N–H and O–H groups in total. The van der Waals surface area contributed by atoms with Gasteiger partial charge in [0.25, 0.3) is 5.56 Å². The Morgan fingerprint density at radius 3 is 2.35 bits per heavy atom. The Labute approximate surface area is 210 Å². The zero-order valence-electron chi connectivity index (χ0n) is 18.4. The number of hydrogen-bond acceptors (Lipinski definition) is 5. The second kappa shape index (κ2) is 9.66. The molecule has 2 aliphatic rings. The van der Waals surface area contributed by atoms with Gasteiger partial charge in [-0.1, -0.05) is 60.8 Å². The first-order valence-corrected chi connectivity index (χ1v) is 11.4. The number of methoxy groups -OCH3 is 1. The van der Waals surface area contributed by atoms with E-state index >= 15 is 0 Å². The highest BCUT2D eigenvalue weighted by molar-refractivity contribution is 6.40. The summed E-state index contributed by atoms with van der Waals surface area (Å²) < 4.78 is 6.19. The van der Waals surface area contributed by atoms with Crippen LogP contribution in [-0.4, -0.2) is 33.0 Å². The summed E-state index contributed by atoms with van der Waals surface area (Å²) in [5.41, 5.74) is 2.51. The number of aromatic nitrogens is 4. The van der Waals surface area contributed by atoms with E-state index in [1.54, 1.807) is 41.1 Å². The number of fused-ring (bicyclic) bond motifs is 1. The summed E-state index contributed by atoms with van der Waals surface area (Å²) in [7, 11) is 1.29. The van der Waals surface area contributed by atoms with Crippen LogP contribution in [0, 0.1) is 0 Å². The topological polar surface area (TPSA) is 102 Å². The first-order chi connectivity index (χ1) is 16.2. The van der Waals surface area contributed by atoms with Crippen molar-refractivity contribution in [2.45, 2.75) is 26.2 Å². The lowest BCUT2D eigenvalue weighted by molar-refractivity contribution is 0.187. The molecule has 0 radical (unpaired) electrons. The van der Waals surface area contributed by atoms with Crippen molar-refractivity contribution in [3.63, 3.8) is 0 Å². The monoisotopic (exact) mass is 519 g/mol. The molecule has 0 unspecified atom stereocenters. The first-order valence-electron chi connectivity index (χ1n) is 10.3. The summed E-state index contributed by atoms with van der Waals surface area (Å²) in [6, 6.07) is 10.2. The molecule has 2 aliphatic heterocycles. The number of anilines is 1. The van der Waals surface area contributed by atoms with E-state index in [1.165, 1.54) is 7.11 Å². The molecule has 2 aromatic rings. The molecule has 2 aromatic carbocycles. The Hall–Kier alpha value is -3.07. The molecule has 0 saturated heterocycles. The van der Waals surface area contributed by atoms with Crippen molar-refractivity contribution in [1.29, 1.82) is 0 Å². The predicted molar refractivity (Wildman–Crippen MR) is 133 cm³/mol. The molecule has 0 bridgehead atoms.